The number of likely N-dealkylation sites (tertiary alicyclic amines) is 1. The number of nitrogens with one attached hydrogen (secondary N) is 2. The fourth-order valence-electron chi connectivity index (χ4n) is 4.59. The van der Waals surface area contributed by atoms with E-state index in [0.29, 0.717) is 12.4 Å². The molecule has 2 amide bonds. The van der Waals surface area contributed by atoms with E-state index in [1.807, 2.05) is 52.2 Å². The highest BCUT2D eigenvalue weighted by Crippen LogP contribution is 2.52. The highest BCUT2D eigenvalue weighted by atomic mass is 16.2. The minimum absolute atomic E-state index is 0.00543. The van der Waals surface area contributed by atoms with Gasteiger partial charge in [-0.1, -0.05) is 0 Å². The molecule has 1 saturated heterocycles. The van der Waals surface area contributed by atoms with Crippen LogP contribution in [0.3, 0.4) is 0 Å². The van der Waals surface area contributed by atoms with Gasteiger partial charge >= 0.3 is 0 Å². The predicted octanol–water partition coefficient (Wildman–Crippen LogP) is 2.05. The molecule has 1 spiro atoms. The summed E-state index contributed by atoms with van der Waals surface area (Å²) in [7, 11) is 1.86. The van der Waals surface area contributed by atoms with Crippen LogP contribution in [0.1, 0.15) is 33.6 Å². The van der Waals surface area contributed by atoms with Crippen LogP contribution in [0.25, 0.3) is 11.3 Å². The molecule has 0 aromatic carbocycles. The molecular weight excluding hydrogens is 380 g/mol. The maximum absolute atomic E-state index is 12.8. The highest BCUT2D eigenvalue weighted by molar-refractivity contribution is 5.95. The summed E-state index contributed by atoms with van der Waals surface area (Å²) in [6.45, 7) is 8.15. The van der Waals surface area contributed by atoms with E-state index in [4.69, 9.17) is 0 Å². The van der Waals surface area contributed by atoms with Crippen molar-refractivity contribution in [3.63, 3.8) is 0 Å². The van der Waals surface area contributed by atoms with Crippen molar-refractivity contribution in [3.05, 3.63) is 30.6 Å². The van der Waals surface area contributed by atoms with Crippen molar-refractivity contribution >= 4 is 17.6 Å². The van der Waals surface area contributed by atoms with Gasteiger partial charge in [-0.3, -0.25) is 19.2 Å². The Morgan fingerprint density at radius 3 is 2.60 bits per heavy atom. The second kappa shape index (κ2) is 7.50. The fraction of sp³-hybridized carbons (Fsp3) is 0.545. The van der Waals surface area contributed by atoms with Crippen LogP contribution in [0.4, 0.5) is 5.82 Å². The van der Waals surface area contributed by atoms with Crippen LogP contribution in [0.5, 0.6) is 0 Å². The first-order valence-corrected chi connectivity index (χ1v) is 10.4. The van der Waals surface area contributed by atoms with Crippen LogP contribution < -0.4 is 10.6 Å². The summed E-state index contributed by atoms with van der Waals surface area (Å²) in [6, 6.07) is 5.67. The van der Waals surface area contributed by atoms with Crippen molar-refractivity contribution in [1.82, 2.24) is 25.0 Å². The summed E-state index contributed by atoms with van der Waals surface area (Å²) in [5.74, 6) is 0.619. The number of anilines is 1. The number of amides is 2. The van der Waals surface area contributed by atoms with E-state index in [1.165, 1.54) is 0 Å². The van der Waals surface area contributed by atoms with Gasteiger partial charge in [-0.25, -0.2) is 4.98 Å². The summed E-state index contributed by atoms with van der Waals surface area (Å²) in [5, 5.41) is 10.4. The zero-order chi connectivity index (χ0) is 21.5. The third-order valence-electron chi connectivity index (χ3n) is 5.77. The Kier molecular flexibility index (Phi) is 5.13. The number of carbonyl (C=O) groups is 2. The zero-order valence-corrected chi connectivity index (χ0v) is 18.1. The SMILES string of the molecule is Cn1ccc(-c2cccnc2NC(=O)C2CC3(C2)CN(CC(=O)NC(C)(C)C)C3)n1. The van der Waals surface area contributed by atoms with Crippen molar-refractivity contribution in [2.45, 2.75) is 39.2 Å². The van der Waals surface area contributed by atoms with Crippen molar-refractivity contribution in [2.24, 2.45) is 18.4 Å². The number of nitrogens with zero attached hydrogens (tertiary/aromatic N) is 4. The number of aryl methyl sites for hydroxylation is 1. The molecule has 2 fully saturated rings. The summed E-state index contributed by atoms with van der Waals surface area (Å²) in [4.78, 5) is 31.4. The lowest BCUT2D eigenvalue weighted by Gasteiger charge is -2.58. The van der Waals surface area contributed by atoms with Crippen LogP contribution in [0.15, 0.2) is 30.6 Å². The lowest BCUT2D eigenvalue weighted by Crippen LogP contribution is -2.65. The largest absolute Gasteiger partial charge is 0.350 e. The molecule has 0 radical (unpaired) electrons. The van der Waals surface area contributed by atoms with Crippen LogP contribution in [0, 0.1) is 11.3 Å². The van der Waals surface area contributed by atoms with E-state index in [0.717, 1.165) is 37.2 Å². The number of pyridine rings is 1. The molecule has 0 atom stereocenters. The normalized spacial score (nSPS) is 18.5. The Balaban J connectivity index is 1.28. The second-order valence-electron chi connectivity index (χ2n) is 9.81. The first-order chi connectivity index (χ1) is 14.1. The molecular formula is C22H30N6O2. The van der Waals surface area contributed by atoms with Crippen molar-refractivity contribution in [3.8, 4) is 11.3 Å². The van der Waals surface area contributed by atoms with E-state index < -0.39 is 0 Å². The maximum atomic E-state index is 12.8. The molecule has 1 aliphatic carbocycles. The summed E-state index contributed by atoms with van der Waals surface area (Å²) < 4.78 is 1.73. The van der Waals surface area contributed by atoms with Gasteiger partial charge in [0.05, 0.1) is 12.2 Å². The van der Waals surface area contributed by atoms with Crippen LogP contribution in [0.2, 0.25) is 0 Å². The Hall–Kier alpha value is -2.74. The molecule has 1 saturated carbocycles. The van der Waals surface area contributed by atoms with Crippen LogP contribution >= 0.6 is 0 Å². The number of aromatic nitrogens is 3. The minimum Gasteiger partial charge on any atom is -0.350 e. The van der Waals surface area contributed by atoms with E-state index in [1.54, 1.807) is 10.9 Å². The molecule has 3 heterocycles. The zero-order valence-electron chi connectivity index (χ0n) is 18.1. The van der Waals surface area contributed by atoms with Crippen molar-refractivity contribution in [1.29, 1.82) is 0 Å². The number of hydrogen-bond acceptors (Lipinski definition) is 5. The lowest BCUT2D eigenvalue weighted by atomic mass is 9.57. The van der Waals surface area contributed by atoms with E-state index in [2.05, 4.69) is 25.6 Å². The molecule has 4 rings (SSSR count). The predicted molar refractivity (Wildman–Crippen MR) is 115 cm³/mol. The quantitative estimate of drug-likeness (QED) is 0.787. The molecule has 2 N–H and O–H groups in total. The van der Waals surface area contributed by atoms with Gasteiger partial charge in [-0.05, 0) is 57.2 Å². The Labute approximate surface area is 177 Å². The molecule has 2 aromatic rings. The number of hydrogen-bond donors (Lipinski definition) is 2. The fourth-order valence-corrected chi connectivity index (χ4v) is 4.59. The summed E-state index contributed by atoms with van der Waals surface area (Å²) >= 11 is 0. The number of carbonyl (C=O) groups excluding carboxylic acids is 2. The first kappa shape index (κ1) is 20.5. The Morgan fingerprint density at radius 1 is 1.23 bits per heavy atom. The van der Waals surface area contributed by atoms with E-state index >= 15 is 0 Å². The summed E-state index contributed by atoms with van der Waals surface area (Å²) in [5.41, 5.74) is 1.59. The molecule has 30 heavy (non-hydrogen) atoms. The average Bonchev–Trinajstić information content (AvgIpc) is 3.00. The molecule has 2 aromatic heterocycles. The van der Waals surface area contributed by atoms with Gasteiger partial charge in [0.15, 0.2) is 0 Å². The van der Waals surface area contributed by atoms with Gasteiger partial charge < -0.3 is 10.6 Å². The molecule has 8 heteroatoms. The maximum Gasteiger partial charge on any atom is 0.234 e. The van der Waals surface area contributed by atoms with Gasteiger partial charge in [0.1, 0.15) is 5.82 Å². The van der Waals surface area contributed by atoms with Crippen LogP contribution in [-0.2, 0) is 16.6 Å². The number of rotatable bonds is 5. The van der Waals surface area contributed by atoms with E-state index in [9.17, 15) is 9.59 Å². The molecule has 1 aliphatic heterocycles. The molecule has 160 valence electrons. The third-order valence-corrected chi connectivity index (χ3v) is 5.77. The molecule has 0 bridgehead atoms. The van der Waals surface area contributed by atoms with Crippen LogP contribution in [-0.4, -0.2) is 56.7 Å². The standard InChI is InChI=1S/C22H30N6O2/c1-21(2,3)25-18(29)12-28-13-22(14-28)10-15(11-22)20(30)24-19-16(6-5-8-23-19)17-7-9-27(4)26-17/h5-9,15H,10-14H2,1-4H3,(H,25,29)(H,23,24,30). The monoisotopic (exact) mass is 410 g/mol. The molecule has 0 unspecified atom stereocenters. The van der Waals surface area contributed by atoms with Crippen molar-refractivity contribution in [2.75, 3.05) is 25.0 Å². The highest BCUT2D eigenvalue weighted by Gasteiger charge is 2.54. The average molecular weight is 411 g/mol. The molecule has 2 aliphatic rings. The van der Waals surface area contributed by atoms with Crippen molar-refractivity contribution < 1.29 is 9.59 Å². The third kappa shape index (κ3) is 4.38. The second-order valence-corrected chi connectivity index (χ2v) is 9.81. The van der Waals surface area contributed by atoms with Gasteiger partial charge in [-0.15, -0.1) is 0 Å². The molecule has 8 nitrogen and oxygen atoms in total. The minimum atomic E-state index is -0.209. The Morgan fingerprint density at radius 2 is 1.97 bits per heavy atom. The smallest absolute Gasteiger partial charge is 0.234 e. The van der Waals surface area contributed by atoms with Gasteiger partial charge in [0, 0.05) is 49.6 Å². The Bertz CT molecular complexity index is 947. The topological polar surface area (TPSA) is 92.2 Å². The van der Waals surface area contributed by atoms with Gasteiger partial charge in [0.25, 0.3) is 0 Å². The van der Waals surface area contributed by atoms with Gasteiger partial charge in [-0.2, -0.15) is 5.10 Å². The van der Waals surface area contributed by atoms with E-state index in [-0.39, 0.29) is 28.7 Å². The van der Waals surface area contributed by atoms with Gasteiger partial charge in [0.2, 0.25) is 11.8 Å². The first-order valence-electron chi connectivity index (χ1n) is 10.4. The lowest BCUT2D eigenvalue weighted by molar-refractivity contribution is -0.144. The summed E-state index contributed by atoms with van der Waals surface area (Å²) in [6.07, 6.45) is 5.27.